The highest BCUT2D eigenvalue weighted by atomic mass is 16.5. The Kier molecular flexibility index (Phi) is 7.47. The number of ether oxygens (including phenoxy) is 1. The molecule has 36 heavy (non-hydrogen) atoms. The van der Waals surface area contributed by atoms with Gasteiger partial charge in [-0.3, -0.25) is 9.69 Å². The van der Waals surface area contributed by atoms with E-state index in [9.17, 15) is 4.79 Å². The fraction of sp³-hybridized carbons (Fsp3) is 0.452. The van der Waals surface area contributed by atoms with E-state index in [1.165, 1.54) is 41.3 Å². The zero-order chi connectivity index (χ0) is 25.1. The van der Waals surface area contributed by atoms with E-state index in [1.54, 1.807) is 7.11 Å². The summed E-state index contributed by atoms with van der Waals surface area (Å²) < 4.78 is 5.18. The van der Waals surface area contributed by atoms with Gasteiger partial charge in [-0.05, 0) is 98.3 Å². The molecule has 0 spiro atoms. The first-order chi connectivity index (χ1) is 17.5. The van der Waals surface area contributed by atoms with Gasteiger partial charge < -0.3 is 15.0 Å². The van der Waals surface area contributed by atoms with Gasteiger partial charge in [0.2, 0.25) is 0 Å². The van der Waals surface area contributed by atoms with E-state index >= 15 is 0 Å². The molecule has 2 aliphatic rings. The van der Waals surface area contributed by atoms with Crippen LogP contribution >= 0.6 is 0 Å². The van der Waals surface area contributed by atoms with Gasteiger partial charge in [-0.2, -0.15) is 0 Å². The highest BCUT2D eigenvalue weighted by Gasteiger charge is 2.25. The molecule has 0 bridgehead atoms. The molecule has 3 aromatic carbocycles. The minimum Gasteiger partial charge on any atom is -0.497 e. The van der Waals surface area contributed by atoms with Crippen molar-refractivity contribution in [3.63, 3.8) is 0 Å². The van der Waals surface area contributed by atoms with Gasteiger partial charge in [0.15, 0.2) is 0 Å². The quantitative estimate of drug-likeness (QED) is 0.464. The Balaban J connectivity index is 1.18. The third-order valence-electron chi connectivity index (χ3n) is 8.18. The van der Waals surface area contributed by atoms with Crippen molar-refractivity contribution in [2.45, 2.75) is 70.6 Å². The Morgan fingerprint density at radius 3 is 2.25 bits per heavy atom. The molecule has 2 fully saturated rings. The lowest BCUT2D eigenvalue weighted by molar-refractivity contribution is 0.0931. The second kappa shape index (κ2) is 10.9. The van der Waals surface area contributed by atoms with Crippen molar-refractivity contribution in [1.82, 2.24) is 10.2 Å². The third kappa shape index (κ3) is 5.52. The minimum absolute atomic E-state index is 0.00838. The summed E-state index contributed by atoms with van der Waals surface area (Å²) in [4.78, 5) is 17.7. The number of carbonyl (C=O) groups is 1. The van der Waals surface area contributed by atoms with E-state index in [1.807, 2.05) is 24.3 Å². The summed E-state index contributed by atoms with van der Waals surface area (Å²) >= 11 is 0. The number of nitrogens with zero attached hydrogens (tertiary/aromatic N) is 2. The van der Waals surface area contributed by atoms with Crippen molar-refractivity contribution in [2.24, 2.45) is 0 Å². The predicted octanol–water partition coefficient (Wildman–Crippen LogP) is 6.01. The predicted molar refractivity (Wildman–Crippen MR) is 148 cm³/mol. The standard InChI is InChI=1S/C31H39N3O2/c1-22-5-4-6-23(2)34(22)21-24-7-8-27-20-29(12-9-26(27)19-24)33-17-15-28(16-18-33)32-31(35)25-10-13-30(36-3)14-11-25/h7-14,19-20,22-23,28H,4-6,15-18,21H2,1-3H3,(H,32,35)/t22-,23+. The first kappa shape index (κ1) is 24.6. The molecular formula is C31H39N3O2. The van der Waals surface area contributed by atoms with E-state index in [2.05, 4.69) is 65.4 Å². The molecule has 5 heteroatoms. The lowest BCUT2D eigenvalue weighted by atomic mass is 9.96. The molecule has 2 heterocycles. The monoisotopic (exact) mass is 485 g/mol. The molecule has 0 saturated carbocycles. The van der Waals surface area contributed by atoms with Crippen molar-refractivity contribution in [1.29, 1.82) is 0 Å². The number of piperidine rings is 2. The molecule has 2 saturated heterocycles. The largest absolute Gasteiger partial charge is 0.497 e. The van der Waals surface area contributed by atoms with Crippen molar-refractivity contribution >= 4 is 22.4 Å². The number of likely N-dealkylation sites (tertiary alicyclic amines) is 1. The van der Waals surface area contributed by atoms with Crippen molar-refractivity contribution < 1.29 is 9.53 Å². The fourth-order valence-corrected chi connectivity index (χ4v) is 5.87. The maximum absolute atomic E-state index is 12.6. The zero-order valence-electron chi connectivity index (χ0n) is 21.9. The molecule has 3 aromatic rings. The van der Waals surface area contributed by atoms with E-state index < -0.39 is 0 Å². The van der Waals surface area contributed by atoms with Gasteiger partial charge in [0.05, 0.1) is 7.11 Å². The molecule has 0 unspecified atom stereocenters. The number of hydrogen-bond donors (Lipinski definition) is 1. The van der Waals surface area contributed by atoms with Crippen LogP contribution in [0.3, 0.4) is 0 Å². The highest BCUT2D eigenvalue weighted by Crippen LogP contribution is 2.28. The third-order valence-corrected chi connectivity index (χ3v) is 8.18. The number of fused-ring (bicyclic) bond motifs is 1. The summed E-state index contributed by atoms with van der Waals surface area (Å²) in [5.41, 5.74) is 3.36. The van der Waals surface area contributed by atoms with Crippen LogP contribution in [0.2, 0.25) is 0 Å². The van der Waals surface area contributed by atoms with Gasteiger partial charge in [0.25, 0.3) is 5.91 Å². The summed E-state index contributed by atoms with van der Waals surface area (Å²) in [6.07, 6.45) is 5.87. The van der Waals surface area contributed by atoms with Crippen LogP contribution in [0.25, 0.3) is 10.8 Å². The van der Waals surface area contributed by atoms with Crippen molar-refractivity contribution in [3.8, 4) is 5.75 Å². The second-order valence-electron chi connectivity index (χ2n) is 10.6. The first-order valence-electron chi connectivity index (χ1n) is 13.5. The van der Waals surface area contributed by atoms with Crippen LogP contribution in [0.5, 0.6) is 5.75 Å². The maximum atomic E-state index is 12.6. The number of hydrogen-bond acceptors (Lipinski definition) is 4. The van der Waals surface area contributed by atoms with Crippen LogP contribution in [0, 0.1) is 0 Å². The summed E-state index contributed by atoms with van der Waals surface area (Å²) in [6, 6.07) is 22.6. The maximum Gasteiger partial charge on any atom is 0.251 e. The normalized spacial score (nSPS) is 21.5. The Morgan fingerprint density at radius 1 is 0.889 bits per heavy atom. The SMILES string of the molecule is COc1ccc(C(=O)NC2CCN(c3ccc4cc(CN5[C@H](C)CCC[C@@H]5C)ccc4c3)CC2)cc1. The van der Waals surface area contributed by atoms with E-state index in [-0.39, 0.29) is 11.9 Å². The number of rotatable bonds is 6. The number of nitrogens with one attached hydrogen (secondary N) is 1. The molecule has 190 valence electrons. The molecule has 0 aliphatic carbocycles. The molecule has 1 amide bonds. The van der Waals surface area contributed by atoms with Crippen LogP contribution in [0.4, 0.5) is 5.69 Å². The number of benzene rings is 3. The van der Waals surface area contributed by atoms with Gasteiger partial charge in [-0.1, -0.05) is 24.6 Å². The van der Waals surface area contributed by atoms with Crippen molar-refractivity contribution in [3.05, 3.63) is 71.8 Å². The lowest BCUT2D eigenvalue weighted by Gasteiger charge is -2.39. The average molecular weight is 486 g/mol. The molecular weight excluding hydrogens is 446 g/mol. The Bertz CT molecular complexity index is 1170. The van der Waals surface area contributed by atoms with Gasteiger partial charge in [0.1, 0.15) is 5.75 Å². The molecule has 2 atom stereocenters. The number of anilines is 1. The lowest BCUT2D eigenvalue weighted by Crippen LogP contribution is -2.44. The van der Waals surface area contributed by atoms with Crippen LogP contribution in [0.1, 0.15) is 61.9 Å². The molecule has 0 aromatic heterocycles. The number of methoxy groups -OCH3 is 1. The summed E-state index contributed by atoms with van der Waals surface area (Å²) in [6.45, 7) is 7.67. The van der Waals surface area contributed by atoms with Crippen molar-refractivity contribution in [2.75, 3.05) is 25.1 Å². The van der Waals surface area contributed by atoms with E-state index in [0.717, 1.165) is 38.2 Å². The first-order valence-corrected chi connectivity index (χ1v) is 13.5. The fourth-order valence-electron chi connectivity index (χ4n) is 5.87. The number of carbonyl (C=O) groups excluding carboxylic acids is 1. The van der Waals surface area contributed by atoms with Crippen LogP contribution in [-0.2, 0) is 6.54 Å². The van der Waals surface area contributed by atoms with Gasteiger partial charge in [-0.15, -0.1) is 0 Å². The van der Waals surface area contributed by atoms with Crippen LogP contribution in [-0.4, -0.2) is 49.1 Å². The topological polar surface area (TPSA) is 44.8 Å². The molecule has 1 N–H and O–H groups in total. The highest BCUT2D eigenvalue weighted by molar-refractivity contribution is 5.94. The van der Waals surface area contributed by atoms with E-state index in [0.29, 0.717) is 17.6 Å². The summed E-state index contributed by atoms with van der Waals surface area (Å²) in [5.74, 6) is 0.753. The molecule has 2 aliphatic heterocycles. The van der Waals surface area contributed by atoms with Gasteiger partial charge in [0, 0.05) is 49.0 Å². The van der Waals surface area contributed by atoms with E-state index in [4.69, 9.17) is 4.74 Å². The van der Waals surface area contributed by atoms with Crippen LogP contribution < -0.4 is 15.0 Å². The van der Waals surface area contributed by atoms with Gasteiger partial charge in [-0.25, -0.2) is 0 Å². The molecule has 5 rings (SSSR count). The average Bonchev–Trinajstić information content (AvgIpc) is 2.91. The minimum atomic E-state index is -0.00838. The Labute approximate surface area is 215 Å². The number of amides is 1. The Morgan fingerprint density at radius 2 is 1.56 bits per heavy atom. The molecule has 5 nitrogen and oxygen atoms in total. The summed E-state index contributed by atoms with van der Waals surface area (Å²) in [7, 11) is 1.63. The Hall–Kier alpha value is -3.05. The van der Waals surface area contributed by atoms with Gasteiger partial charge >= 0.3 is 0 Å². The second-order valence-corrected chi connectivity index (χ2v) is 10.6. The smallest absolute Gasteiger partial charge is 0.251 e. The zero-order valence-corrected chi connectivity index (χ0v) is 21.9. The van der Waals surface area contributed by atoms with Crippen LogP contribution in [0.15, 0.2) is 60.7 Å². The molecule has 0 radical (unpaired) electrons. The summed E-state index contributed by atoms with van der Waals surface area (Å²) in [5, 5.41) is 5.82.